The van der Waals surface area contributed by atoms with Crippen LogP contribution in [0.5, 0.6) is 11.5 Å². The molecule has 6 aromatic carbocycles. The van der Waals surface area contributed by atoms with Crippen LogP contribution in [0.15, 0.2) is 144 Å². The molecule has 0 unspecified atom stereocenters. The Morgan fingerprint density at radius 1 is 0.468 bits per heavy atom. The predicted octanol–water partition coefficient (Wildman–Crippen LogP) is 10.9. The van der Waals surface area contributed by atoms with Crippen LogP contribution in [0.2, 0.25) is 0 Å². The summed E-state index contributed by atoms with van der Waals surface area (Å²) in [6.45, 7) is 4.46. The number of hydrogen-bond acceptors (Lipinski definition) is 5. The molecule has 0 bridgehead atoms. The molecule has 0 atom stereocenters. The molecule has 0 aliphatic carbocycles. The highest BCUT2D eigenvalue weighted by molar-refractivity contribution is 6.07. The number of ether oxygens (including phenoxy) is 1. The molecule has 8 aromatic rings. The number of fused-ring (bicyclic) bond motifs is 6. The van der Waals surface area contributed by atoms with Crippen LogP contribution in [-0.4, -0.2) is 15.0 Å². The molecule has 5 heteroatoms. The van der Waals surface area contributed by atoms with E-state index in [1.807, 2.05) is 60.7 Å². The Bertz CT molecular complexity index is 2450. The van der Waals surface area contributed by atoms with Crippen LogP contribution in [0.3, 0.4) is 0 Å². The highest BCUT2D eigenvalue weighted by atomic mass is 16.5. The third-order valence-electron chi connectivity index (χ3n) is 9.22. The number of para-hydroxylation sites is 1. The fourth-order valence-corrected chi connectivity index (χ4v) is 6.67. The summed E-state index contributed by atoms with van der Waals surface area (Å²) in [6, 6.07) is 47.5. The average Bonchev–Trinajstić information content (AvgIpc) is 3.51. The first kappa shape index (κ1) is 27.3. The van der Waals surface area contributed by atoms with E-state index in [2.05, 4.69) is 92.7 Å². The van der Waals surface area contributed by atoms with Gasteiger partial charge in [-0.3, -0.25) is 0 Å². The van der Waals surface area contributed by atoms with Crippen molar-refractivity contribution in [3.05, 3.63) is 151 Å². The summed E-state index contributed by atoms with van der Waals surface area (Å²) in [5, 5.41) is 2.12. The Morgan fingerprint density at radius 2 is 1.00 bits per heavy atom. The number of nitrogens with zero attached hydrogens (tertiary/aromatic N) is 3. The van der Waals surface area contributed by atoms with Gasteiger partial charge in [-0.1, -0.05) is 135 Å². The van der Waals surface area contributed by atoms with Crippen LogP contribution in [0.4, 0.5) is 0 Å². The molecular formula is C42H29N3O2. The lowest BCUT2D eigenvalue weighted by Gasteiger charge is -2.34. The van der Waals surface area contributed by atoms with E-state index in [1.54, 1.807) is 0 Å². The summed E-state index contributed by atoms with van der Waals surface area (Å²) >= 11 is 0. The van der Waals surface area contributed by atoms with Gasteiger partial charge in [0.05, 0.1) is 0 Å². The summed E-state index contributed by atoms with van der Waals surface area (Å²) in [5.74, 6) is 3.34. The lowest BCUT2D eigenvalue weighted by atomic mass is 9.75. The van der Waals surface area contributed by atoms with Crippen molar-refractivity contribution in [2.24, 2.45) is 0 Å². The van der Waals surface area contributed by atoms with E-state index in [4.69, 9.17) is 24.1 Å². The summed E-state index contributed by atoms with van der Waals surface area (Å²) < 4.78 is 13.1. The predicted molar refractivity (Wildman–Crippen MR) is 187 cm³/mol. The third kappa shape index (κ3) is 4.50. The van der Waals surface area contributed by atoms with Gasteiger partial charge in [0.25, 0.3) is 0 Å². The van der Waals surface area contributed by atoms with Crippen molar-refractivity contribution in [1.29, 1.82) is 0 Å². The Morgan fingerprint density at radius 3 is 1.72 bits per heavy atom. The van der Waals surface area contributed by atoms with E-state index in [9.17, 15) is 0 Å². The molecule has 47 heavy (non-hydrogen) atoms. The molecule has 0 saturated carbocycles. The molecule has 0 radical (unpaired) electrons. The average molecular weight is 608 g/mol. The van der Waals surface area contributed by atoms with Gasteiger partial charge in [-0.2, -0.15) is 0 Å². The zero-order valence-corrected chi connectivity index (χ0v) is 25.9. The minimum absolute atomic E-state index is 0.311. The molecule has 1 aliphatic heterocycles. The van der Waals surface area contributed by atoms with Gasteiger partial charge >= 0.3 is 0 Å². The molecule has 2 aromatic heterocycles. The fraction of sp³-hybridized carbons (Fsp3) is 0.0714. The van der Waals surface area contributed by atoms with E-state index in [0.29, 0.717) is 17.5 Å². The van der Waals surface area contributed by atoms with Gasteiger partial charge in [0.15, 0.2) is 28.8 Å². The van der Waals surface area contributed by atoms with Crippen LogP contribution < -0.4 is 4.74 Å². The standard InChI is InChI=1S/C42H29N3O2/c1-42(2)33-23-21-30(25-36(33)47-38-34(42)24-22-32-31-15-9-10-16-35(31)46-37(32)38)41-44-39(28-13-7-4-8-14-28)43-40(45-41)29-19-17-27(18-20-29)26-11-5-3-6-12-26/h3-25H,1-2H3. The maximum Gasteiger partial charge on any atom is 0.178 e. The van der Waals surface area contributed by atoms with Gasteiger partial charge in [0.2, 0.25) is 0 Å². The highest BCUT2D eigenvalue weighted by Gasteiger charge is 2.36. The first-order chi connectivity index (χ1) is 23.0. The molecule has 5 nitrogen and oxygen atoms in total. The summed E-state index contributed by atoms with van der Waals surface area (Å²) in [7, 11) is 0. The summed E-state index contributed by atoms with van der Waals surface area (Å²) in [6.07, 6.45) is 0. The van der Waals surface area contributed by atoms with E-state index < -0.39 is 0 Å². The molecule has 3 heterocycles. The molecule has 9 rings (SSSR count). The first-order valence-electron chi connectivity index (χ1n) is 15.8. The molecule has 0 spiro atoms. The smallest absolute Gasteiger partial charge is 0.178 e. The Balaban J connectivity index is 1.17. The molecule has 224 valence electrons. The van der Waals surface area contributed by atoms with Crippen molar-refractivity contribution < 1.29 is 9.15 Å². The van der Waals surface area contributed by atoms with Crippen molar-refractivity contribution >= 4 is 21.9 Å². The Hall–Kier alpha value is -6.07. The first-order valence-corrected chi connectivity index (χ1v) is 15.8. The largest absolute Gasteiger partial charge is 0.453 e. The molecule has 0 saturated heterocycles. The van der Waals surface area contributed by atoms with Gasteiger partial charge in [-0.15, -0.1) is 0 Å². The van der Waals surface area contributed by atoms with Crippen LogP contribution in [0, 0.1) is 0 Å². The maximum atomic E-state index is 6.74. The quantitative estimate of drug-likeness (QED) is 0.199. The number of aromatic nitrogens is 3. The fourth-order valence-electron chi connectivity index (χ4n) is 6.67. The monoisotopic (exact) mass is 607 g/mol. The van der Waals surface area contributed by atoms with Gasteiger partial charge < -0.3 is 9.15 Å². The second-order valence-corrected chi connectivity index (χ2v) is 12.5. The zero-order valence-electron chi connectivity index (χ0n) is 25.9. The van der Waals surface area contributed by atoms with Crippen LogP contribution in [-0.2, 0) is 5.41 Å². The van der Waals surface area contributed by atoms with Crippen molar-refractivity contribution in [1.82, 2.24) is 15.0 Å². The van der Waals surface area contributed by atoms with Gasteiger partial charge in [0.1, 0.15) is 11.3 Å². The van der Waals surface area contributed by atoms with Crippen molar-refractivity contribution in [3.8, 4) is 56.8 Å². The minimum Gasteiger partial charge on any atom is -0.453 e. The van der Waals surface area contributed by atoms with E-state index in [1.165, 1.54) is 5.56 Å². The highest BCUT2D eigenvalue weighted by Crippen LogP contribution is 2.52. The number of hydrogen-bond donors (Lipinski definition) is 0. The van der Waals surface area contributed by atoms with Gasteiger partial charge in [0, 0.05) is 44.0 Å². The summed E-state index contributed by atoms with van der Waals surface area (Å²) in [5.41, 5.74) is 8.49. The van der Waals surface area contributed by atoms with Gasteiger partial charge in [-0.25, -0.2) is 15.0 Å². The Kier molecular flexibility index (Phi) is 6.09. The molecule has 0 amide bonds. The minimum atomic E-state index is -0.311. The second-order valence-electron chi connectivity index (χ2n) is 12.5. The third-order valence-corrected chi connectivity index (χ3v) is 9.22. The molecule has 0 N–H and O–H groups in total. The van der Waals surface area contributed by atoms with Gasteiger partial charge in [-0.05, 0) is 29.3 Å². The number of rotatable bonds is 4. The SMILES string of the molecule is CC1(C)c2ccc(-c3nc(-c4ccccc4)nc(-c4ccc(-c5ccccc5)cc4)n3)cc2Oc2c1ccc1c2oc2ccccc21. The molecular weight excluding hydrogens is 578 g/mol. The molecule has 1 aliphatic rings. The van der Waals surface area contributed by atoms with E-state index in [0.717, 1.165) is 66.8 Å². The lowest BCUT2D eigenvalue weighted by molar-refractivity contribution is 0.415. The number of benzene rings is 6. The van der Waals surface area contributed by atoms with E-state index in [-0.39, 0.29) is 5.41 Å². The number of furan rings is 1. The molecule has 0 fully saturated rings. The zero-order chi connectivity index (χ0) is 31.5. The van der Waals surface area contributed by atoms with E-state index >= 15 is 0 Å². The second kappa shape index (κ2) is 10.5. The van der Waals surface area contributed by atoms with Crippen LogP contribution >= 0.6 is 0 Å². The topological polar surface area (TPSA) is 61.0 Å². The lowest BCUT2D eigenvalue weighted by Crippen LogP contribution is -2.24. The normalized spacial score (nSPS) is 13.2. The van der Waals surface area contributed by atoms with Crippen molar-refractivity contribution in [3.63, 3.8) is 0 Å². The van der Waals surface area contributed by atoms with Crippen molar-refractivity contribution in [2.45, 2.75) is 19.3 Å². The van der Waals surface area contributed by atoms with Crippen molar-refractivity contribution in [2.75, 3.05) is 0 Å². The maximum absolute atomic E-state index is 6.74. The van der Waals surface area contributed by atoms with Crippen LogP contribution in [0.25, 0.3) is 67.2 Å². The summed E-state index contributed by atoms with van der Waals surface area (Å²) in [4.78, 5) is 14.9. The van der Waals surface area contributed by atoms with Crippen LogP contribution in [0.1, 0.15) is 25.0 Å². The Labute approximate surface area is 272 Å².